The third-order valence-electron chi connectivity index (χ3n) is 3.94. The minimum absolute atomic E-state index is 0.262. The molecule has 0 heterocycles. The van der Waals surface area contributed by atoms with Gasteiger partial charge in [-0.05, 0) is 58.6 Å². The van der Waals surface area contributed by atoms with E-state index in [1.807, 2.05) is 0 Å². The largest absolute Gasteiger partial charge is 0.411 e. The van der Waals surface area contributed by atoms with Crippen LogP contribution in [0.25, 0.3) is 0 Å². The Hall–Kier alpha value is -2.06. The lowest BCUT2D eigenvalue weighted by molar-refractivity contribution is -0.288. The van der Waals surface area contributed by atoms with Crippen LogP contribution in [0.1, 0.15) is 31.8 Å². The molecule has 0 fully saturated rings. The maximum absolute atomic E-state index is 13.9. The third-order valence-corrected chi connectivity index (χ3v) is 4.38. The molecular formula is C17H8Cl2F6O2. The van der Waals surface area contributed by atoms with Gasteiger partial charge in [-0.2, -0.15) is 26.3 Å². The summed E-state index contributed by atoms with van der Waals surface area (Å²) in [6.07, 6.45) is -11.6. The molecule has 10 heteroatoms. The summed E-state index contributed by atoms with van der Waals surface area (Å²) in [5.41, 5.74) is -7.23. The van der Waals surface area contributed by atoms with Gasteiger partial charge in [-0.25, -0.2) is 0 Å². The predicted molar refractivity (Wildman–Crippen MR) is 86.1 cm³/mol. The van der Waals surface area contributed by atoms with Crippen LogP contribution in [0.4, 0.5) is 26.3 Å². The first kappa shape index (κ1) is 21.2. The summed E-state index contributed by atoms with van der Waals surface area (Å²) in [7, 11) is 0. The summed E-state index contributed by atoms with van der Waals surface area (Å²) in [5, 5.41) is -2.06. The van der Waals surface area contributed by atoms with E-state index in [0.717, 1.165) is 24.3 Å². The van der Waals surface area contributed by atoms with Crippen molar-refractivity contribution >= 4 is 33.7 Å². The van der Waals surface area contributed by atoms with Crippen molar-refractivity contribution in [3.63, 3.8) is 0 Å². The van der Waals surface area contributed by atoms with E-state index >= 15 is 0 Å². The smallest absolute Gasteiger partial charge is 0.276 e. The Morgan fingerprint density at radius 1 is 0.593 bits per heavy atom. The first-order chi connectivity index (χ1) is 12.3. The molecule has 0 spiro atoms. The van der Waals surface area contributed by atoms with E-state index < -0.39 is 39.4 Å². The Morgan fingerprint density at radius 3 is 1.04 bits per heavy atom. The fourth-order valence-electron chi connectivity index (χ4n) is 2.68. The molecule has 2 aromatic rings. The highest BCUT2D eigenvalue weighted by Crippen LogP contribution is 2.56. The van der Waals surface area contributed by atoms with Gasteiger partial charge in [0.2, 0.25) is 5.41 Å². The van der Waals surface area contributed by atoms with Crippen LogP contribution in [0.15, 0.2) is 48.5 Å². The summed E-state index contributed by atoms with van der Waals surface area (Å²) in [5.74, 6) is 0. The molecule has 0 atom stereocenters. The van der Waals surface area contributed by atoms with Crippen molar-refractivity contribution in [2.75, 3.05) is 0 Å². The van der Waals surface area contributed by atoms with Crippen LogP contribution < -0.4 is 0 Å². The van der Waals surface area contributed by atoms with E-state index in [4.69, 9.17) is 23.2 Å². The number of carbonyl (C=O) groups excluding carboxylic acids is 2. The van der Waals surface area contributed by atoms with Gasteiger partial charge in [-0.3, -0.25) is 9.59 Å². The molecule has 2 aromatic carbocycles. The molecular weight excluding hydrogens is 421 g/mol. The standard InChI is InChI=1S/C17H8Cl2F6O2/c18-13(26)9-1-5-11(6-2-9)15(16(20,21)22,17(23,24)25)12-7-3-10(4-8-12)14(19)27/h1-8H. The molecule has 0 aliphatic carbocycles. The molecule has 0 radical (unpaired) electrons. The molecule has 0 N–H and O–H groups in total. The number of halogens is 8. The normalized spacial score (nSPS) is 12.7. The van der Waals surface area contributed by atoms with E-state index in [0.29, 0.717) is 24.3 Å². The van der Waals surface area contributed by atoms with Gasteiger partial charge in [-0.1, -0.05) is 24.3 Å². The highest BCUT2D eigenvalue weighted by atomic mass is 35.5. The molecule has 0 aliphatic rings. The Balaban J connectivity index is 2.82. The van der Waals surface area contributed by atoms with Crippen LogP contribution in [-0.2, 0) is 5.41 Å². The molecule has 2 nitrogen and oxygen atoms in total. The van der Waals surface area contributed by atoms with E-state index in [1.165, 1.54) is 0 Å². The molecule has 0 bridgehead atoms. The number of carbonyl (C=O) groups is 2. The highest BCUT2D eigenvalue weighted by molar-refractivity contribution is 6.68. The van der Waals surface area contributed by atoms with Crippen molar-refractivity contribution in [3.8, 4) is 0 Å². The SMILES string of the molecule is O=C(Cl)c1ccc(C(c2ccc(C(=O)Cl)cc2)(C(F)(F)F)C(F)(F)F)cc1. The lowest BCUT2D eigenvalue weighted by Gasteiger charge is -2.38. The molecule has 0 amide bonds. The van der Waals surface area contributed by atoms with E-state index in [9.17, 15) is 35.9 Å². The zero-order chi connectivity index (χ0) is 20.6. The van der Waals surface area contributed by atoms with Crippen LogP contribution in [0, 0.1) is 0 Å². The van der Waals surface area contributed by atoms with Crippen molar-refractivity contribution < 1.29 is 35.9 Å². The van der Waals surface area contributed by atoms with E-state index in [1.54, 1.807) is 0 Å². The van der Waals surface area contributed by atoms with Gasteiger partial charge in [0.25, 0.3) is 10.5 Å². The molecule has 0 aromatic heterocycles. The zero-order valence-corrected chi connectivity index (χ0v) is 14.5. The average molecular weight is 429 g/mol. The average Bonchev–Trinajstić information content (AvgIpc) is 2.53. The predicted octanol–water partition coefficient (Wildman–Crippen LogP) is 5.86. The van der Waals surface area contributed by atoms with Gasteiger partial charge < -0.3 is 0 Å². The summed E-state index contributed by atoms with van der Waals surface area (Å²) in [4.78, 5) is 22.1. The Morgan fingerprint density at radius 2 is 0.852 bits per heavy atom. The van der Waals surface area contributed by atoms with Gasteiger partial charge in [0.05, 0.1) is 0 Å². The number of alkyl halides is 6. The first-order valence-electron chi connectivity index (χ1n) is 7.06. The molecule has 144 valence electrons. The van der Waals surface area contributed by atoms with Crippen LogP contribution in [-0.4, -0.2) is 22.8 Å². The minimum atomic E-state index is -5.79. The monoisotopic (exact) mass is 428 g/mol. The maximum Gasteiger partial charge on any atom is 0.411 e. The second-order valence-corrected chi connectivity index (χ2v) is 6.13. The van der Waals surface area contributed by atoms with Gasteiger partial charge in [-0.15, -0.1) is 0 Å². The third kappa shape index (κ3) is 3.68. The molecule has 0 saturated heterocycles. The van der Waals surface area contributed by atoms with Crippen molar-refractivity contribution in [2.24, 2.45) is 0 Å². The zero-order valence-electron chi connectivity index (χ0n) is 13.0. The van der Waals surface area contributed by atoms with Gasteiger partial charge in [0.15, 0.2) is 0 Å². The van der Waals surface area contributed by atoms with Gasteiger partial charge >= 0.3 is 12.4 Å². The molecule has 0 unspecified atom stereocenters. The quantitative estimate of drug-likeness (QED) is 0.451. The molecule has 2 rings (SSSR count). The summed E-state index contributed by atoms with van der Waals surface area (Å²) in [6, 6.07) is 5.24. The molecule has 0 aliphatic heterocycles. The number of hydrogen-bond acceptors (Lipinski definition) is 2. The van der Waals surface area contributed by atoms with E-state index in [-0.39, 0.29) is 11.1 Å². The van der Waals surface area contributed by atoms with Crippen molar-refractivity contribution in [1.29, 1.82) is 0 Å². The Kier molecular flexibility index (Phi) is 5.64. The lowest BCUT2D eigenvalue weighted by Crippen LogP contribution is -2.54. The van der Waals surface area contributed by atoms with Crippen molar-refractivity contribution in [2.45, 2.75) is 17.8 Å². The van der Waals surface area contributed by atoms with Crippen molar-refractivity contribution in [3.05, 3.63) is 70.8 Å². The van der Waals surface area contributed by atoms with Gasteiger partial charge in [0.1, 0.15) is 0 Å². The van der Waals surface area contributed by atoms with Crippen LogP contribution >= 0.6 is 23.2 Å². The van der Waals surface area contributed by atoms with Gasteiger partial charge in [0, 0.05) is 11.1 Å². The fraction of sp³-hybridized carbons (Fsp3) is 0.176. The van der Waals surface area contributed by atoms with Crippen LogP contribution in [0.5, 0.6) is 0 Å². The second-order valence-electron chi connectivity index (χ2n) is 5.45. The number of hydrogen-bond donors (Lipinski definition) is 0. The second kappa shape index (κ2) is 7.16. The Labute approximate surface area is 158 Å². The molecule has 27 heavy (non-hydrogen) atoms. The lowest BCUT2D eigenvalue weighted by atomic mass is 9.72. The Bertz CT molecular complexity index is 781. The molecule has 0 saturated carbocycles. The topological polar surface area (TPSA) is 34.1 Å². The van der Waals surface area contributed by atoms with Crippen LogP contribution in [0.3, 0.4) is 0 Å². The van der Waals surface area contributed by atoms with Crippen molar-refractivity contribution in [1.82, 2.24) is 0 Å². The highest BCUT2D eigenvalue weighted by Gasteiger charge is 2.72. The minimum Gasteiger partial charge on any atom is -0.276 e. The fourth-order valence-corrected chi connectivity index (χ4v) is 2.94. The number of rotatable bonds is 4. The summed E-state index contributed by atoms with van der Waals surface area (Å²) in [6.45, 7) is 0. The number of benzene rings is 2. The first-order valence-corrected chi connectivity index (χ1v) is 7.82. The van der Waals surface area contributed by atoms with Crippen LogP contribution in [0.2, 0.25) is 0 Å². The maximum atomic E-state index is 13.9. The van der Waals surface area contributed by atoms with E-state index in [2.05, 4.69) is 0 Å². The summed E-state index contributed by atoms with van der Waals surface area (Å²) >= 11 is 10.4. The summed E-state index contributed by atoms with van der Waals surface area (Å²) < 4.78 is 83.1.